The van der Waals surface area contributed by atoms with Crippen LogP contribution in [0.1, 0.15) is 39.2 Å². The Hall–Kier alpha value is -1.57. The minimum Gasteiger partial charge on any atom is -0.457 e. The molecule has 1 aliphatic carbocycles. The molecule has 0 amide bonds. The largest absolute Gasteiger partial charge is 0.457 e. The highest BCUT2D eigenvalue weighted by atomic mass is 16.6. The van der Waals surface area contributed by atoms with Crippen molar-refractivity contribution in [1.82, 2.24) is 0 Å². The van der Waals surface area contributed by atoms with Crippen molar-refractivity contribution in [3.8, 4) is 0 Å². The maximum atomic E-state index is 11.9. The van der Waals surface area contributed by atoms with Gasteiger partial charge in [-0.2, -0.15) is 0 Å². The van der Waals surface area contributed by atoms with Crippen molar-refractivity contribution in [2.75, 3.05) is 0 Å². The van der Waals surface area contributed by atoms with Crippen LogP contribution in [0.15, 0.2) is 36.4 Å². The summed E-state index contributed by atoms with van der Waals surface area (Å²) in [7, 11) is 0. The van der Waals surface area contributed by atoms with Gasteiger partial charge in [0.2, 0.25) is 0 Å². The minimum absolute atomic E-state index is 0.242. The molecular formula is C16H20O2. The number of hydrogen-bond donors (Lipinski definition) is 0. The van der Waals surface area contributed by atoms with Crippen LogP contribution in [0.3, 0.4) is 0 Å². The van der Waals surface area contributed by atoms with Gasteiger partial charge in [-0.15, -0.1) is 0 Å². The van der Waals surface area contributed by atoms with Gasteiger partial charge in [0, 0.05) is 6.08 Å². The molecule has 96 valence electrons. The van der Waals surface area contributed by atoms with E-state index in [-0.39, 0.29) is 5.97 Å². The Morgan fingerprint density at radius 1 is 1.22 bits per heavy atom. The van der Waals surface area contributed by atoms with Crippen LogP contribution < -0.4 is 0 Å². The van der Waals surface area contributed by atoms with Crippen LogP contribution in [-0.4, -0.2) is 11.6 Å². The smallest absolute Gasteiger partial charge is 0.331 e. The molecule has 0 bridgehead atoms. The molecule has 0 radical (unpaired) electrons. The Kier molecular flexibility index (Phi) is 3.55. The van der Waals surface area contributed by atoms with E-state index < -0.39 is 5.60 Å². The quantitative estimate of drug-likeness (QED) is 0.597. The summed E-state index contributed by atoms with van der Waals surface area (Å²) >= 11 is 0. The maximum absolute atomic E-state index is 11.9. The van der Waals surface area contributed by atoms with E-state index in [1.165, 1.54) is 12.8 Å². The maximum Gasteiger partial charge on any atom is 0.331 e. The van der Waals surface area contributed by atoms with Crippen molar-refractivity contribution >= 4 is 11.5 Å². The second-order valence-corrected chi connectivity index (χ2v) is 5.77. The van der Waals surface area contributed by atoms with Gasteiger partial charge in [0.25, 0.3) is 0 Å². The molecule has 0 aliphatic heterocycles. The van der Waals surface area contributed by atoms with E-state index in [9.17, 15) is 4.79 Å². The lowest BCUT2D eigenvalue weighted by molar-refractivity contribution is -0.148. The molecule has 1 aromatic carbocycles. The van der Waals surface area contributed by atoms with Crippen LogP contribution in [0.2, 0.25) is 0 Å². The summed E-state index contributed by atoms with van der Waals surface area (Å²) in [6.45, 7) is 5.66. The molecule has 1 saturated carbocycles. The molecule has 0 spiro atoms. The molecule has 0 heterocycles. The SMILES string of the molecule is CC(C)(C)OC(=O)C=C(c1ccccc1)C1CC1. The first-order valence-electron chi connectivity index (χ1n) is 6.46. The van der Waals surface area contributed by atoms with Crippen LogP contribution in [-0.2, 0) is 9.53 Å². The lowest BCUT2D eigenvalue weighted by atomic mass is 10.0. The van der Waals surface area contributed by atoms with E-state index in [0.29, 0.717) is 5.92 Å². The van der Waals surface area contributed by atoms with Gasteiger partial charge in [-0.05, 0) is 50.7 Å². The van der Waals surface area contributed by atoms with E-state index >= 15 is 0 Å². The van der Waals surface area contributed by atoms with Gasteiger partial charge in [0.15, 0.2) is 0 Å². The molecule has 0 saturated heterocycles. The van der Waals surface area contributed by atoms with Crippen molar-refractivity contribution in [1.29, 1.82) is 0 Å². The molecule has 1 aromatic rings. The summed E-state index contributed by atoms with van der Waals surface area (Å²) in [5, 5.41) is 0. The summed E-state index contributed by atoms with van der Waals surface area (Å²) in [4.78, 5) is 11.9. The average Bonchev–Trinajstić information content (AvgIpc) is 3.08. The summed E-state index contributed by atoms with van der Waals surface area (Å²) in [5.41, 5.74) is 1.81. The van der Waals surface area contributed by atoms with Gasteiger partial charge >= 0.3 is 5.97 Å². The van der Waals surface area contributed by atoms with E-state index in [4.69, 9.17) is 4.74 Å². The van der Waals surface area contributed by atoms with Gasteiger partial charge in [-0.1, -0.05) is 30.3 Å². The van der Waals surface area contributed by atoms with Crippen molar-refractivity contribution in [3.63, 3.8) is 0 Å². The number of ether oxygens (including phenoxy) is 1. The van der Waals surface area contributed by atoms with Crippen molar-refractivity contribution < 1.29 is 9.53 Å². The summed E-state index contributed by atoms with van der Waals surface area (Å²) in [6.07, 6.45) is 4.01. The monoisotopic (exact) mass is 244 g/mol. The summed E-state index contributed by atoms with van der Waals surface area (Å²) in [6, 6.07) is 10.1. The van der Waals surface area contributed by atoms with Crippen LogP contribution in [0.5, 0.6) is 0 Å². The van der Waals surface area contributed by atoms with Crippen LogP contribution in [0.25, 0.3) is 5.57 Å². The van der Waals surface area contributed by atoms with Gasteiger partial charge in [-0.25, -0.2) is 4.79 Å². The third-order valence-electron chi connectivity index (χ3n) is 2.80. The standard InChI is InChI=1S/C16H20O2/c1-16(2,3)18-15(17)11-14(13-9-10-13)12-7-5-4-6-8-12/h4-8,11,13H,9-10H2,1-3H3. The topological polar surface area (TPSA) is 26.3 Å². The highest BCUT2D eigenvalue weighted by Crippen LogP contribution is 2.41. The summed E-state index contributed by atoms with van der Waals surface area (Å²) in [5.74, 6) is 0.285. The van der Waals surface area contributed by atoms with E-state index in [2.05, 4.69) is 12.1 Å². The zero-order valence-corrected chi connectivity index (χ0v) is 11.3. The highest BCUT2D eigenvalue weighted by molar-refractivity contribution is 5.92. The summed E-state index contributed by atoms with van der Waals surface area (Å²) < 4.78 is 5.35. The van der Waals surface area contributed by atoms with Gasteiger partial charge < -0.3 is 4.74 Å². The third kappa shape index (κ3) is 3.73. The van der Waals surface area contributed by atoms with Gasteiger partial charge in [0.1, 0.15) is 5.60 Å². The zero-order chi connectivity index (χ0) is 13.2. The molecule has 2 heteroatoms. The average molecular weight is 244 g/mol. The number of benzene rings is 1. The van der Waals surface area contributed by atoms with Crippen molar-refractivity contribution in [2.24, 2.45) is 5.92 Å². The number of carbonyl (C=O) groups is 1. The molecule has 0 atom stereocenters. The number of rotatable bonds is 3. The van der Waals surface area contributed by atoms with Gasteiger partial charge in [0.05, 0.1) is 0 Å². The zero-order valence-electron chi connectivity index (χ0n) is 11.3. The predicted molar refractivity (Wildman–Crippen MR) is 73.0 cm³/mol. The first-order chi connectivity index (χ1) is 8.46. The molecule has 2 rings (SSSR count). The first kappa shape index (κ1) is 12.9. The second kappa shape index (κ2) is 4.97. The van der Waals surface area contributed by atoms with E-state index in [1.54, 1.807) is 6.08 Å². The Morgan fingerprint density at radius 3 is 2.33 bits per heavy atom. The highest BCUT2D eigenvalue weighted by Gasteiger charge is 2.28. The lowest BCUT2D eigenvalue weighted by Gasteiger charge is -2.18. The molecule has 0 unspecified atom stereocenters. The first-order valence-corrected chi connectivity index (χ1v) is 6.46. The van der Waals surface area contributed by atoms with Crippen molar-refractivity contribution in [2.45, 2.75) is 39.2 Å². The molecule has 1 aliphatic rings. The van der Waals surface area contributed by atoms with Crippen LogP contribution in [0, 0.1) is 5.92 Å². The number of esters is 1. The minimum atomic E-state index is -0.432. The Labute approximate surface area is 109 Å². The fourth-order valence-electron chi connectivity index (χ4n) is 1.92. The normalized spacial score (nSPS) is 16.5. The van der Waals surface area contributed by atoms with E-state index in [1.807, 2.05) is 39.0 Å². The number of allylic oxidation sites excluding steroid dienone is 1. The van der Waals surface area contributed by atoms with E-state index in [0.717, 1.165) is 11.1 Å². The lowest BCUT2D eigenvalue weighted by Crippen LogP contribution is -2.22. The third-order valence-corrected chi connectivity index (χ3v) is 2.80. The van der Waals surface area contributed by atoms with Crippen LogP contribution >= 0.6 is 0 Å². The fraction of sp³-hybridized carbons (Fsp3) is 0.438. The predicted octanol–water partition coefficient (Wildman–Crippen LogP) is 3.82. The Bertz CT molecular complexity index is 448. The number of hydrogen-bond acceptors (Lipinski definition) is 2. The molecule has 1 fully saturated rings. The molecule has 18 heavy (non-hydrogen) atoms. The Balaban J connectivity index is 2.18. The van der Waals surface area contributed by atoms with Crippen molar-refractivity contribution in [3.05, 3.63) is 42.0 Å². The molecular weight excluding hydrogens is 224 g/mol. The van der Waals surface area contributed by atoms with Crippen LogP contribution in [0.4, 0.5) is 0 Å². The Morgan fingerprint density at radius 2 is 1.83 bits per heavy atom. The fourth-order valence-corrected chi connectivity index (χ4v) is 1.92. The number of carbonyl (C=O) groups excluding carboxylic acids is 1. The molecule has 0 aromatic heterocycles. The molecule has 2 nitrogen and oxygen atoms in total. The second-order valence-electron chi connectivity index (χ2n) is 5.77. The molecule has 0 N–H and O–H groups in total. The van der Waals surface area contributed by atoms with Gasteiger partial charge in [-0.3, -0.25) is 0 Å².